The lowest BCUT2D eigenvalue weighted by Gasteiger charge is -2.43. The predicted molar refractivity (Wildman–Crippen MR) is 113 cm³/mol. The first kappa shape index (κ1) is 19.6. The molecule has 0 N–H and O–H groups in total. The number of nitrogens with zero attached hydrogens (tertiary/aromatic N) is 3. The van der Waals surface area contributed by atoms with Gasteiger partial charge in [0.05, 0.1) is 5.41 Å². The van der Waals surface area contributed by atoms with Gasteiger partial charge in [0.25, 0.3) is 0 Å². The Balaban J connectivity index is 1.69. The molecule has 2 aliphatic rings. The molecule has 4 rings (SSSR count). The maximum Gasteiger partial charge on any atom is 0.230 e. The monoisotopic (exact) mass is 391 g/mol. The van der Waals surface area contributed by atoms with Crippen LogP contribution in [0, 0.1) is 11.3 Å². The second-order valence-corrected chi connectivity index (χ2v) is 8.69. The highest BCUT2D eigenvalue weighted by molar-refractivity contribution is 5.86. The highest BCUT2D eigenvalue weighted by Gasteiger charge is 2.46. The summed E-state index contributed by atoms with van der Waals surface area (Å²) in [4.78, 5) is 34.1. The van der Waals surface area contributed by atoms with E-state index >= 15 is 0 Å². The summed E-state index contributed by atoms with van der Waals surface area (Å²) in [5.74, 6) is 0.538. The minimum absolute atomic E-state index is 0.117. The second-order valence-electron chi connectivity index (χ2n) is 8.69. The van der Waals surface area contributed by atoms with Crippen LogP contribution in [0.4, 0.5) is 0 Å². The molecule has 0 radical (unpaired) electrons. The van der Waals surface area contributed by atoms with Crippen LogP contribution in [0.2, 0.25) is 0 Å². The normalized spacial score (nSPS) is 21.7. The van der Waals surface area contributed by atoms with Crippen LogP contribution in [0.1, 0.15) is 31.2 Å². The number of carbonyl (C=O) groups is 2. The van der Waals surface area contributed by atoms with Crippen molar-refractivity contribution in [2.24, 2.45) is 11.3 Å². The average molecular weight is 392 g/mol. The summed E-state index contributed by atoms with van der Waals surface area (Å²) in [5, 5.41) is 0. The van der Waals surface area contributed by atoms with Gasteiger partial charge in [0.1, 0.15) is 0 Å². The predicted octanol–water partition coefficient (Wildman–Crippen LogP) is 3.40. The summed E-state index contributed by atoms with van der Waals surface area (Å²) < 4.78 is 0. The Morgan fingerprint density at radius 1 is 1.17 bits per heavy atom. The van der Waals surface area contributed by atoms with Gasteiger partial charge in [-0.3, -0.25) is 14.6 Å². The Kier molecular flexibility index (Phi) is 5.39. The number of pyridine rings is 1. The molecule has 5 nitrogen and oxygen atoms in total. The minimum atomic E-state index is -0.579. The zero-order chi connectivity index (χ0) is 20.4. The third-order valence-electron chi connectivity index (χ3n) is 6.19. The van der Waals surface area contributed by atoms with Gasteiger partial charge in [0.2, 0.25) is 11.8 Å². The number of aromatic nitrogens is 1. The number of benzene rings is 1. The molecule has 0 spiro atoms. The van der Waals surface area contributed by atoms with Crippen molar-refractivity contribution in [1.29, 1.82) is 0 Å². The molecule has 1 saturated carbocycles. The quantitative estimate of drug-likeness (QED) is 0.785. The Labute approximate surface area is 172 Å². The van der Waals surface area contributed by atoms with Gasteiger partial charge in [-0.1, -0.05) is 30.3 Å². The fraction of sp³-hybridized carbons (Fsp3) is 0.458. The molecule has 1 atom stereocenters. The first-order valence-electron chi connectivity index (χ1n) is 10.5. The third kappa shape index (κ3) is 4.04. The summed E-state index contributed by atoms with van der Waals surface area (Å²) in [5.41, 5.74) is 2.72. The van der Waals surface area contributed by atoms with Gasteiger partial charge in [0.15, 0.2) is 0 Å². The zero-order valence-corrected chi connectivity index (χ0v) is 17.3. The summed E-state index contributed by atoms with van der Waals surface area (Å²) in [6.45, 7) is 1.28. The van der Waals surface area contributed by atoms with Crippen LogP contribution in [0.5, 0.6) is 0 Å². The van der Waals surface area contributed by atoms with E-state index in [1.807, 2.05) is 43.4 Å². The number of likely N-dealkylation sites (tertiary alicyclic amines) is 1. The van der Waals surface area contributed by atoms with Gasteiger partial charge in [-0.25, -0.2) is 0 Å². The molecule has 1 saturated heterocycles. The van der Waals surface area contributed by atoms with Crippen LogP contribution in [0.25, 0.3) is 11.1 Å². The smallest absolute Gasteiger partial charge is 0.230 e. The van der Waals surface area contributed by atoms with Gasteiger partial charge >= 0.3 is 0 Å². The largest absolute Gasteiger partial charge is 0.348 e. The average Bonchev–Trinajstić information content (AvgIpc) is 3.59. The standard InChI is InChI=1S/C24H29N3O2/c1-26(2)23(29)24(12-6-14-27(17-24)22(28)18-10-11-18)15-19-7-3-4-9-21(19)20-8-5-13-25-16-20/h3-5,7-9,13,16,18H,6,10-12,14-15,17H2,1-2H3. The Morgan fingerprint density at radius 2 is 1.97 bits per heavy atom. The van der Waals surface area contributed by atoms with Crippen molar-refractivity contribution in [2.45, 2.75) is 32.1 Å². The van der Waals surface area contributed by atoms with Gasteiger partial charge in [0, 0.05) is 51.1 Å². The van der Waals surface area contributed by atoms with Crippen molar-refractivity contribution in [3.05, 3.63) is 54.4 Å². The van der Waals surface area contributed by atoms with Gasteiger partial charge in [-0.05, 0) is 49.3 Å². The number of hydrogen-bond acceptors (Lipinski definition) is 3. The molecule has 29 heavy (non-hydrogen) atoms. The van der Waals surface area contributed by atoms with Crippen LogP contribution >= 0.6 is 0 Å². The van der Waals surface area contributed by atoms with Gasteiger partial charge in [-0.2, -0.15) is 0 Å². The van der Waals surface area contributed by atoms with Crippen molar-refractivity contribution >= 4 is 11.8 Å². The van der Waals surface area contributed by atoms with Crippen LogP contribution in [-0.4, -0.2) is 53.8 Å². The fourth-order valence-corrected chi connectivity index (χ4v) is 4.62. The maximum atomic E-state index is 13.4. The van der Waals surface area contributed by atoms with Crippen molar-refractivity contribution < 1.29 is 9.59 Å². The van der Waals surface area contributed by atoms with Crippen LogP contribution in [-0.2, 0) is 16.0 Å². The van der Waals surface area contributed by atoms with Crippen LogP contribution < -0.4 is 0 Å². The zero-order valence-electron chi connectivity index (χ0n) is 17.3. The van der Waals surface area contributed by atoms with E-state index in [9.17, 15) is 9.59 Å². The molecule has 1 unspecified atom stereocenters. The van der Waals surface area contributed by atoms with E-state index in [-0.39, 0.29) is 17.7 Å². The number of amides is 2. The SMILES string of the molecule is CN(C)C(=O)C1(Cc2ccccc2-c2cccnc2)CCCN(C(=O)C2CC2)C1. The minimum Gasteiger partial charge on any atom is -0.348 e. The van der Waals surface area contributed by atoms with E-state index in [1.165, 1.54) is 0 Å². The second kappa shape index (κ2) is 7.97. The topological polar surface area (TPSA) is 53.5 Å². The summed E-state index contributed by atoms with van der Waals surface area (Å²) in [6, 6.07) is 12.2. The van der Waals surface area contributed by atoms with Crippen molar-refractivity contribution in [1.82, 2.24) is 14.8 Å². The lowest BCUT2D eigenvalue weighted by molar-refractivity contribution is -0.147. The Bertz CT molecular complexity index is 892. The van der Waals surface area contributed by atoms with E-state index < -0.39 is 5.41 Å². The molecule has 1 aromatic heterocycles. The number of carbonyl (C=O) groups excluding carboxylic acids is 2. The lowest BCUT2D eigenvalue weighted by atomic mass is 9.73. The van der Waals surface area contributed by atoms with Crippen molar-refractivity contribution in [2.75, 3.05) is 27.2 Å². The molecule has 1 aromatic carbocycles. The van der Waals surface area contributed by atoms with Gasteiger partial charge in [-0.15, -0.1) is 0 Å². The number of rotatable bonds is 5. The molecular weight excluding hydrogens is 362 g/mol. The number of hydrogen-bond donors (Lipinski definition) is 0. The fourth-order valence-electron chi connectivity index (χ4n) is 4.62. The molecule has 152 valence electrons. The van der Waals surface area contributed by atoms with Crippen molar-refractivity contribution in [3.63, 3.8) is 0 Å². The van der Waals surface area contributed by atoms with Crippen LogP contribution in [0.3, 0.4) is 0 Å². The third-order valence-corrected chi connectivity index (χ3v) is 6.19. The molecule has 1 aliphatic heterocycles. The van der Waals surface area contributed by atoms with E-state index in [2.05, 4.69) is 23.2 Å². The first-order chi connectivity index (χ1) is 14.0. The van der Waals surface area contributed by atoms with E-state index in [4.69, 9.17) is 0 Å². The molecule has 0 bridgehead atoms. The van der Waals surface area contributed by atoms with Crippen LogP contribution in [0.15, 0.2) is 48.8 Å². The highest BCUT2D eigenvalue weighted by atomic mass is 16.2. The summed E-state index contributed by atoms with van der Waals surface area (Å²) >= 11 is 0. The number of piperidine rings is 1. The lowest BCUT2D eigenvalue weighted by Crippen LogP contribution is -2.54. The summed E-state index contributed by atoms with van der Waals surface area (Å²) in [7, 11) is 3.64. The molecule has 2 amide bonds. The molecule has 1 aliphatic carbocycles. The first-order valence-corrected chi connectivity index (χ1v) is 10.5. The van der Waals surface area contributed by atoms with Gasteiger partial charge < -0.3 is 9.80 Å². The Hall–Kier alpha value is -2.69. The molecule has 2 aromatic rings. The highest BCUT2D eigenvalue weighted by Crippen LogP contribution is 2.40. The summed E-state index contributed by atoms with van der Waals surface area (Å²) in [6.07, 6.45) is 7.92. The molecule has 2 fully saturated rings. The molecule has 5 heteroatoms. The van der Waals surface area contributed by atoms with E-state index in [1.54, 1.807) is 11.1 Å². The van der Waals surface area contributed by atoms with E-state index in [0.29, 0.717) is 13.0 Å². The molecule has 2 heterocycles. The molecular formula is C24H29N3O2. The maximum absolute atomic E-state index is 13.4. The van der Waals surface area contributed by atoms with Crippen molar-refractivity contribution in [3.8, 4) is 11.1 Å². The van der Waals surface area contributed by atoms with E-state index in [0.717, 1.165) is 48.9 Å². The Morgan fingerprint density at radius 3 is 2.66 bits per heavy atom.